The maximum absolute atomic E-state index is 8.99. The van der Waals surface area contributed by atoms with E-state index in [4.69, 9.17) is 5.21 Å². The van der Waals surface area contributed by atoms with Gasteiger partial charge in [0.15, 0.2) is 0 Å². The maximum atomic E-state index is 8.99. The lowest BCUT2D eigenvalue weighted by atomic mass is 10.9. The molecule has 0 atom stereocenters. The Kier molecular flexibility index (Phi) is 2.14. The molecule has 0 fully saturated rings. The maximum Gasteiger partial charge on any atom is 0.145 e. The first-order chi connectivity index (χ1) is 1.91. The summed E-state index contributed by atoms with van der Waals surface area (Å²) in [6, 6.07) is 0. The minimum Gasteiger partial charge on any atom is -0.626 e. The van der Waals surface area contributed by atoms with Gasteiger partial charge in [0.2, 0.25) is 0 Å². The SMILES string of the molecule is CC=[NH+][O-]. The predicted molar refractivity (Wildman–Crippen MR) is 16.1 cm³/mol. The van der Waals surface area contributed by atoms with E-state index in [2.05, 4.69) is 0 Å². The van der Waals surface area contributed by atoms with Crippen LogP contribution in [0.15, 0.2) is 0 Å². The zero-order valence-electron chi connectivity index (χ0n) is 2.49. The van der Waals surface area contributed by atoms with Crippen LogP contribution in [0.5, 0.6) is 0 Å². The number of rotatable bonds is 0. The summed E-state index contributed by atoms with van der Waals surface area (Å²) < 4.78 is 0. The van der Waals surface area contributed by atoms with Crippen molar-refractivity contribution < 1.29 is 5.16 Å². The molecular formula is C2H5NO. The highest BCUT2D eigenvalue weighted by molar-refractivity contribution is 5.45. The van der Waals surface area contributed by atoms with Crippen molar-refractivity contribution in [3.8, 4) is 0 Å². The number of hydrogen-bond acceptors (Lipinski definition) is 1. The minimum atomic E-state index is 1.32. The van der Waals surface area contributed by atoms with Gasteiger partial charge in [-0.15, -0.1) is 0 Å². The van der Waals surface area contributed by atoms with Crippen molar-refractivity contribution in [2.24, 2.45) is 0 Å². The van der Waals surface area contributed by atoms with Crippen molar-refractivity contribution in [1.29, 1.82) is 0 Å². The molecule has 0 radical (unpaired) electrons. The molecule has 0 amide bonds. The second-order valence-electron chi connectivity index (χ2n) is 0.407. The van der Waals surface area contributed by atoms with Gasteiger partial charge in [-0.05, 0) is 0 Å². The van der Waals surface area contributed by atoms with Gasteiger partial charge < -0.3 is 5.21 Å². The highest BCUT2D eigenvalue weighted by Gasteiger charge is 1.36. The molecule has 1 N–H and O–H groups in total. The molecule has 0 aromatic carbocycles. The van der Waals surface area contributed by atoms with Gasteiger partial charge >= 0.3 is 0 Å². The van der Waals surface area contributed by atoms with Crippen LogP contribution >= 0.6 is 0 Å². The third-order valence-corrected chi connectivity index (χ3v) is 0.118. The van der Waals surface area contributed by atoms with Crippen molar-refractivity contribution in [2.45, 2.75) is 6.92 Å². The van der Waals surface area contributed by atoms with E-state index in [1.165, 1.54) is 6.21 Å². The Morgan fingerprint density at radius 3 is 2.25 bits per heavy atom. The van der Waals surface area contributed by atoms with E-state index in [9.17, 15) is 0 Å². The number of hydrogen-bond donors (Lipinski definition) is 1. The molecule has 0 aromatic rings. The predicted octanol–water partition coefficient (Wildman–Crippen LogP) is -1.34. The second-order valence-corrected chi connectivity index (χ2v) is 0.407. The molecule has 0 unspecified atom stereocenters. The van der Waals surface area contributed by atoms with Gasteiger partial charge in [0.25, 0.3) is 0 Å². The van der Waals surface area contributed by atoms with Crippen LogP contribution < -0.4 is 5.16 Å². The fraction of sp³-hybridized carbons (Fsp3) is 0.500. The lowest BCUT2D eigenvalue weighted by Crippen LogP contribution is -2.59. The average Bonchev–Trinajstić information content (AvgIpc) is 1.37. The van der Waals surface area contributed by atoms with Crippen molar-refractivity contribution in [1.82, 2.24) is 0 Å². The van der Waals surface area contributed by atoms with Crippen molar-refractivity contribution >= 4 is 6.21 Å². The van der Waals surface area contributed by atoms with Crippen molar-refractivity contribution in [2.75, 3.05) is 0 Å². The van der Waals surface area contributed by atoms with Crippen LogP contribution in [0.3, 0.4) is 0 Å². The first-order valence-corrected chi connectivity index (χ1v) is 1.07. The first kappa shape index (κ1) is 3.47. The van der Waals surface area contributed by atoms with Gasteiger partial charge in [-0.25, -0.2) is 5.16 Å². The second kappa shape index (κ2) is 2.47. The Morgan fingerprint density at radius 2 is 2.25 bits per heavy atom. The molecular weight excluding hydrogens is 54.0 g/mol. The molecule has 0 aliphatic rings. The highest BCUT2D eigenvalue weighted by Crippen LogP contribution is 1.06. The van der Waals surface area contributed by atoms with Crippen LogP contribution in [-0.4, -0.2) is 6.21 Å². The molecule has 0 rings (SSSR count). The Balaban J connectivity index is 2.55. The molecule has 0 bridgehead atoms. The zero-order valence-corrected chi connectivity index (χ0v) is 2.49. The summed E-state index contributed by atoms with van der Waals surface area (Å²) in [4.78, 5) is 0. The van der Waals surface area contributed by atoms with Crippen LogP contribution in [0, 0.1) is 5.21 Å². The molecule has 24 valence electrons. The monoisotopic (exact) mass is 59.0 g/mol. The summed E-state index contributed by atoms with van der Waals surface area (Å²) in [5.41, 5.74) is 0. The first-order valence-electron chi connectivity index (χ1n) is 1.07. The molecule has 0 spiro atoms. The van der Waals surface area contributed by atoms with Crippen molar-refractivity contribution in [3.05, 3.63) is 5.21 Å². The summed E-state index contributed by atoms with van der Waals surface area (Å²) >= 11 is 0. The average molecular weight is 59.1 g/mol. The van der Waals surface area contributed by atoms with Gasteiger partial charge in [0.05, 0.1) is 0 Å². The van der Waals surface area contributed by atoms with E-state index in [1.54, 1.807) is 12.1 Å². The smallest absolute Gasteiger partial charge is 0.145 e. The Labute approximate surface area is 24.7 Å². The summed E-state index contributed by atoms with van der Waals surface area (Å²) in [7, 11) is 0. The largest absolute Gasteiger partial charge is 0.626 e. The molecule has 0 aliphatic carbocycles. The van der Waals surface area contributed by atoms with E-state index in [0.717, 1.165) is 0 Å². The van der Waals surface area contributed by atoms with Crippen LogP contribution in [0.25, 0.3) is 0 Å². The van der Waals surface area contributed by atoms with Crippen LogP contribution in [-0.2, 0) is 0 Å². The zero-order chi connectivity index (χ0) is 3.41. The molecule has 0 saturated carbocycles. The Bertz CT molecular complexity index is 21.2. The van der Waals surface area contributed by atoms with Gasteiger partial charge in [0, 0.05) is 6.92 Å². The van der Waals surface area contributed by atoms with E-state index >= 15 is 0 Å². The standard InChI is InChI=1S/C2H5NO/c1-2-3-4/h2-3H,1H3. The summed E-state index contributed by atoms with van der Waals surface area (Å²) in [6.45, 7) is 1.63. The normalized spacial score (nSPS) is 9.25. The van der Waals surface area contributed by atoms with Crippen LogP contribution in [0.1, 0.15) is 6.92 Å². The Morgan fingerprint density at radius 1 is 2.00 bits per heavy atom. The number of nitrogens with one attached hydrogen (secondary N) is 1. The molecule has 0 aliphatic heterocycles. The van der Waals surface area contributed by atoms with Crippen LogP contribution in [0.2, 0.25) is 0 Å². The van der Waals surface area contributed by atoms with Crippen molar-refractivity contribution in [3.63, 3.8) is 0 Å². The molecule has 2 nitrogen and oxygen atoms in total. The highest BCUT2D eigenvalue weighted by atomic mass is 16.4. The van der Waals surface area contributed by atoms with Gasteiger partial charge in [-0.3, -0.25) is 0 Å². The van der Waals surface area contributed by atoms with E-state index < -0.39 is 0 Å². The molecule has 0 aromatic heterocycles. The van der Waals surface area contributed by atoms with Gasteiger partial charge in [0.1, 0.15) is 6.21 Å². The molecule has 4 heavy (non-hydrogen) atoms. The summed E-state index contributed by atoms with van der Waals surface area (Å²) in [5, 5.41) is 10.5. The van der Waals surface area contributed by atoms with E-state index in [0.29, 0.717) is 0 Å². The lowest BCUT2D eigenvalue weighted by Gasteiger charge is -1.64. The fourth-order valence-electron chi connectivity index (χ4n) is 0. The third kappa shape index (κ3) is 1.47. The van der Waals surface area contributed by atoms with Gasteiger partial charge in [-0.1, -0.05) is 0 Å². The Hall–Kier alpha value is -0.530. The molecule has 0 heterocycles. The fourth-order valence-corrected chi connectivity index (χ4v) is 0. The molecule has 2 heteroatoms. The lowest BCUT2D eigenvalue weighted by molar-refractivity contribution is -0.367. The topological polar surface area (TPSA) is 37.0 Å². The third-order valence-electron chi connectivity index (χ3n) is 0.118. The van der Waals surface area contributed by atoms with E-state index in [1.807, 2.05) is 0 Å². The molecule has 0 saturated heterocycles. The quantitative estimate of drug-likeness (QED) is 0.209. The summed E-state index contributed by atoms with van der Waals surface area (Å²) in [5.74, 6) is 0. The minimum absolute atomic E-state index is 1.32. The van der Waals surface area contributed by atoms with E-state index in [-0.39, 0.29) is 0 Å². The van der Waals surface area contributed by atoms with Crippen LogP contribution in [0.4, 0.5) is 0 Å². The van der Waals surface area contributed by atoms with Gasteiger partial charge in [-0.2, -0.15) is 0 Å². The summed E-state index contributed by atoms with van der Waals surface area (Å²) in [6.07, 6.45) is 1.32.